The maximum Gasteiger partial charge on any atom is 0.0598 e. The lowest BCUT2D eigenvalue weighted by atomic mass is 9.77. The number of hydrogen-bond donors (Lipinski definition) is 2. The zero-order chi connectivity index (χ0) is 12.6. The third-order valence-electron chi connectivity index (χ3n) is 3.89. The second-order valence-electron chi connectivity index (χ2n) is 5.22. The van der Waals surface area contributed by atoms with E-state index in [4.69, 9.17) is 4.74 Å². The molecule has 0 saturated carbocycles. The van der Waals surface area contributed by atoms with E-state index in [1.807, 2.05) is 0 Å². The van der Waals surface area contributed by atoms with Crippen LogP contribution in [0.5, 0.6) is 0 Å². The number of fused-ring (bicyclic) bond motifs is 1. The van der Waals surface area contributed by atoms with Crippen molar-refractivity contribution in [2.24, 2.45) is 0 Å². The molecule has 0 aliphatic carbocycles. The smallest absolute Gasteiger partial charge is 0.0598 e. The summed E-state index contributed by atoms with van der Waals surface area (Å²) in [4.78, 5) is 3.49. The number of para-hydroxylation sites is 1. The number of benzene rings is 1. The number of aromatic amines is 1. The van der Waals surface area contributed by atoms with E-state index in [1.165, 1.54) is 22.2 Å². The third-order valence-corrected chi connectivity index (χ3v) is 3.89. The first-order valence-corrected chi connectivity index (χ1v) is 6.63. The summed E-state index contributed by atoms with van der Waals surface area (Å²) >= 11 is 0. The van der Waals surface area contributed by atoms with Crippen molar-refractivity contribution in [3.8, 4) is 0 Å². The van der Waals surface area contributed by atoms with Gasteiger partial charge in [-0.25, -0.2) is 0 Å². The van der Waals surface area contributed by atoms with Crippen LogP contribution in [0.1, 0.15) is 18.2 Å². The van der Waals surface area contributed by atoms with Gasteiger partial charge in [0.15, 0.2) is 0 Å². The summed E-state index contributed by atoms with van der Waals surface area (Å²) in [6, 6.07) is 8.54. The molecular weight excluding hydrogens is 224 g/mol. The Morgan fingerprint density at radius 3 is 2.78 bits per heavy atom. The lowest BCUT2D eigenvalue weighted by molar-refractivity contribution is -0.0583. The molecule has 1 aliphatic rings. The summed E-state index contributed by atoms with van der Waals surface area (Å²) in [6.45, 7) is 7.96. The molecule has 2 N–H and O–H groups in total. The topological polar surface area (TPSA) is 37.0 Å². The molecule has 0 atom stereocenters. The SMILES string of the molecule is CCNCC1(c2c(C)[nH]c3ccccc23)COC1. The van der Waals surface area contributed by atoms with Crippen molar-refractivity contribution < 1.29 is 4.74 Å². The van der Waals surface area contributed by atoms with E-state index >= 15 is 0 Å². The van der Waals surface area contributed by atoms with E-state index in [1.54, 1.807) is 0 Å². The van der Waals surface area contributed by atoms with Gasteiger partial charge in [0.25, 0.3) is 0 Å². The molecule has 3 rings (SSSR count). The molecule has 0 amide bonds. The highest BCUT2D eigenvalue weighted by atomic mass is 16.5. The Bertz CT molecular complexity index is 555. The molecule has 3 heteroatoms. The average Bonchev–Trinajstić information content (AvgIpc) is 2.66. The molecule has 2 heterocycles. The van der Waals surface area contributed by atoms with Crippen molar-refractivity contribution in [1.82, 2.24) is 10.3 Å². The van der Waals surface area contributed by atoms with E-state index in [9.17, 15) is 0 Å². The maximum atomic E-state index is 5.51. The van der Waals surface area contributed by atoms with Gasteiger partial charge < -0.3 is 15.0 Å². The number of hydrogen-bond acceptors (Lipinski definition) is 2. The molecule has 1 aromatic carbocycles. The molecule has 0 bridgehead atoms. The largest absolute Gasteiger partial charge is 0.379 e. The van der Waals surface area contributed by atoms with E-state index in [0.29, 0.717) is 0 Å². The van der Waals surface area contributed by atoms with Crippen LogP contribution in [-0.2, 0) is 10.2 Å². The Morgan fingerprint density at radius 2 is 2.11 bits per heavy atom. The van der Waals surface area contributed by atoms with Gasteiger partial charge in [0.05, 0.1) is 18.6 Å². The average molecular weight is 244 g/mol. The molecule has 2 aromatic rings. The minimum Gasteiger partial charge on any atom is -0.379 e. The van der Waals surface area contributed by atoms with Gasteiger partial charge in [-0.3, -0.25) is 0 Å². The van der Waals surface area contributed by atoms with E-state index < -0.39 is 0 Å². The summed E-state index contributed by atoms with van der Waals surface area (Å²) in [5.41, 5.74) is 4.09. The Balaban J connectivity index is 2.09. The van der Waals surface area contributed by atoms with Gasteiger partial charge in [0.1, 0.15) is 0 Å². The van der Waals surface area contributed by atoms with Crippen LogP contribution in [-0.4, -0.2) is 31.3 Å². The van der Waals surface area contributed by atoms with Gasteiger partial charge in [-0.2, -0.15) is 0 Å². The van der Waals surface area contributed by atoms with Crippen molar-refractivity contribution in [3.63, 3.8) is 0 Å². The number of H-pyrrole nitrogens is 1. The van der Waals surface area contributed by atoms with Gasteiger partial charge in [-0.15, -0.1) is 0 Å². The fraction of sp³-hybridized carbons (Fsp3) is 0.467. The predicted molar refractivity (Wildman–Crippen MR) is 74.1 cm³/mol. The molecule has 1 fully saturated rings. The molecule has 0 spiro atoms. The number of nitrogens with one attached hydrogen (secondary N) is 2. The monoisotopic (exact) mass is 244 g/mol. The van der Waals surface area contributed by atoms with E-state index in [0.717, 1.165) is 26.3 Å². The second-order valence-corrected chi connectivity index (χ2v) is 5.22. The molecule has 0 radical (unpaired) electrons. The summed E-state index contributed by atoms with van der Waals surface area (Å²) < 4.78 is 5.51. The number of aromatic nitrogens is 1. The third kappa shape index (κ3) is 1.66. The van der Waals surface area contributed by atoms with E-state index in [2.05, 4.69) is 48.4 Å². The molecule has 1 saturated heterocycles. The van der Waals surface area contributed by atoms with Crippen LogP contribution >= 0.6 is 0 Å². The summed E-state index contributed by atoms with van der Waals surface area (Å²) in [5.74, 6) is 0. The standard InChI is InChI=1S/C15H20N2O/c1-3-16-8-15(9-18-10-15)14-11(2)17-13-7-5-4-6-12(13)14/h4-7,16-17H,3,8-10H2,1-2H3. The molecule has 1 aromatic heterocycles. The first-order chi connectivity index (χ1) is 8.77. The van der Waals surface area contributed by atoms with Crippen molar-refractivity contribution in [3.05, 3.63) is 35.5 Å². The van der Waals surface area contributed by atoms with Gasteiger partial charge >= 0.3 is 0 Å². The van der Waals surface area contributed by atoms with Crippen molar-refractivity contribution in [2.45, 2.75) is 19.3 Å². The molecule has 3 nitrogen and oxygen atoms in total. The maximum absolute atomic E-state index is 5.51. The highest BCUT2D eigenvalue weighted by Gasteiger charge is 2.42. The zero-order valence-electron chi connectivity index (χ0n) is 11.0. The first kappa shape index (κ1) is 11.8. The van der Waals surface area contributed by atoms with Crippen molar-refractivity contribution in [2.75, 3.05) is 26.3 Å². The minimum absolute atomic E-state index is 0.152. The Hall–Kier alpha value is -1.32. The highest BCUT2D eigenvalue weighted by Crippen LogP contribution is 2.38. The summed E-state index contributed by atoms with van der Waals surface area (Å²) in [7, 11) is 0. The first-order valence-electron chi connectivity index (χ1n) is 6.63. The van der Waals surface area contributed by atoms with Crippen LogP contribution in [0, 0.1) is 6.92 Å². The fourth-order valence-corrected chi connectivity index (χ4v) is 3.01. The summed E-state index contributed by atoms with van der Waals surface area (Å²) in [5, 5.41) is 4.82. The van der Waals surface area contributed by atoms with Crippen molar-refractivity contribution >= 4 is 10.9 Å². The molecule has 1 aliphatic heterocycles. The minimum atomic E-state index is 0.152. The van der Waals surface area contributed by atoms with Crippen LogP contribution in [0.3, 0.4) is 0 Å². The van der Waals surface area contributed by atoms with Gasteiger partial charge in [0, 0.05) is 23.1 Å². The number of rotatable bonds is 4. The van der Waals surface area contributed by atoms with E-state index in [-0.39, 0.29) is 5.41 Å². The van der Waals surface area contributed by atoms with Crippen LogP contribution < -0.4 is 5.32 Å². The highest BCUT2D eigenvalue weighted by molar-refractivity contribution is 5.86. The lowest BCUT2D eigenvalue weighted by Gasteiger charge is -2.42. The molecule has 96 valence electrons. The number of aryl methyl sites for hydroxylation is 1. The van der Waals surface area contributed by atoms with Crippen LogP contribution in [0.15, 0.2) is 24.3 Å². The van der Waals surface area contributed by atoms with Crippen LogP contribution in [0.25, 0.3) is 10.9 Å². The van der Waals surface area contributed by atoms with Crippen LogP contribution in [0.2, 0.25) is 0 Å². The van der Waals surface area contributed by atoms with Gasteiger partial charge in [0.2, 0.25) is 0 Å². The predicted octanol–water partition coefficient (Wildman–Crippen LogP) is 2.35. The zero-order valence-corrected chi connectivity index (χ0v) is 11.0. The van der Waals surface area contributed by atoms with Gasteiger partial charge in [-0.1, -0.05) is 25.1 Å². The Morgan fingerprint density at radius 1 is 1.33 bits per heavy atom. The van der Waals surface area contributed by atoms with Crippen molar-refractivity contribution in [1.29, 1.82) is 0 Å². The second kappa shape index (κ2) is 4.41. The molecular formula is C15H20N2O. The lowest BCUT2D eigenvalue weighted by Crippen LogP contribution is -2.53. The molecule has 18 heavy (non-hydrogen) atoms. The Kier molecular flexibility index (Phi) is 2.88. The summed E-state index contributed by atoms with van der Waals surface area (Å²) in [6.07, 6.45) is 0. The number of likely N-dealkylation sites (N-methyl/N-ethyl adjacent to an activating group) is 1. The number of ether oxygens (including phenoxy) is 1. The normalized spacial score (nSPS) is 17.9. The quantitative estimate of drug-likeness (QED) is 0.866. The Labute approximate surface area is 108 Å². The van der Waals surface area contributed by atoms with Crippen LogP contribution in [0.4, 0.5) is 0 Å². The fourth-order valence-electron chi connectivity index (χ4n) is 3.01. The van der Waals surface area contributed by atoms with Gasteiger partial charge in [-0.05, 0) is 25.1 Å². The molecule has 0 unspecified atom stereocenters.